The number of hydrogen-bond acceptors (Lipinski definition) is 2. The van der Waals surface area contributed by atoms with Gasteiger partial charge in [-0.2, -0.15) is 0 Å². The fraction of sp³-hybridized carbons (Fsp3) is 0.250. The first-order valence-electron chi connectivity index (χ1n) is 3.26. The summed E-state index contributed by atoms with van der Waals surface area (Å²) in [5, 5.41) is 17.3. The summed E-state index contributed by atoms with van der Waals surface area (Å²) in [5.41, 5.74) is 0.961. The fourth-order valence-electron chi connectivity index (χ4n) is 0.900. The molecule has 0 aliphatic rings. The molecule has 0 amide bonds. The quantitative estimate of drug-likeness (QED) is 0.665. The minimum atomic E-state index is -0.430. The third-order valence-electron chi connectivity index (χ3n) is 1.38. The second kappa shape index (κ2) is 3.46. The molecule has 0 aliphatic heterocycles. The van der Waals surface area contributed by atoms with Gasteiger partial charge in [0.25, 0.3) is 0 Å². The first kappa shape index (κ1) is 8.17. The van der Waals surface area contributed by atoms with Gasteiger partial charge in [-0.15, -0.1) is 0 Å². The lowest BCUT2D eigenvalue weighted by molar-refractivity contribution is 0.274. The van der Waals surface area contributed by atoms with Crippen LogP contribution in [0.1, 0.15) is 11.1 Å². The standard InChI is InChI=1S/C8H9FO2/c9-8-2-6(4-10)1-7(3-8)5-11/h1-3,10-11H,4-5H2. The van der Waals surface area contributed by atoms with E-state index in [0.29, 0.717) is 11.1 Å². The SMILES string of the molecule is OCc1cc(F)cc(CO)c1. The molecule has 3 heteroatoms. The van der Waals surface area contributed by atoms with E-state index in [0.717, 1.165) is 0 Å². The Morgan fingerprint density at radius 2 is 1.45 bits per heavy atom. The van der Waals surface area contributed by atoms with Crippen molar-refractivity contribution in [3.63, 3.8) is 0 Å². The second-order valence-corrected chi connectivity index (χ2v) is 2.28. The molecule has 0 saturated heterocycles. The minimum Gasteiger partial charge on any atom is -0.392 e. The monoisotopic (exact) mass is 156 g/mol. The van der Waals surface area contributed by atoms with Crippen LogP contribution in [-0.2, 0) is 13.2 Å². The van der Waals surface area contributed by atoms with Gasteiger partial charge in [-0.1, -0.05) is 6.07 Å². The maximum Gasteiger partial charge on any atom is 0.123 e. The summed E-state index contributed by atoms with van der Waals surface area (Å²) >= 11 is 0. The first-order chi connectivity index (χ1) is 5.26. The number of hydrogen-bond donors (Lipinski definition) is 2. The molecule has 0 atom stereocenters. The van der Waals surface area contributed by atoms with Gasteiger partial charge >= 0.3 is 0 Å². The highest BCUT2D eigenvalue weighted by atomic mass is 19.1. The average molecular weight is 156 g/mol. The molecule has 11 heavy (non-hydrogen) atoms. The van der Waals surface area contributed by atoms with Crippen LogP contribution in [0.3, 0.4) is 0 Å². The average Bonchev–Trinajstić information content (AvgIpc) is 2.03. The molecule has 0 fully saturated rings. The summed E-state index contributed by atoms with van der Waals surface area (Å²) in [6, 6.07) is 4.03. The molecule has 1 rings (SSSR count). The van der Waals surface area contributed by atoms with Crippen molar-refractivity contribution in [1.82, 2.24) is 0 Å². The lowest BCUT2D eigenvalue weighted by Gasteiger charge is -1.99. The Balaban J connectivity index is 3.02. The molecule has 0 unspecified atom stereocenters. The van der Waals surface area contributed by atoms with E-state index >= 15 is 0 Å². The Kier molecular flexibility index (Phi) is 2.57. The molecule has 0 aliphatic carbocycles. The molecular weight excluding hydrogens is 147 g/mol. The summed E-state index contributed by atoms with van der Waals surface area (Å²) in [6.07, 6.45) is 0. The van der Waals surface area contributed by atoms with Crippen LogP contribution in [0.2, 0.25) is 0 Å². The van der Waals surface area contributed by atoms with Crippen LogP contribution in [0.5, 0.6) is 0 Å². The van der Waals surface area contributed by atoms with E-state index in [1.54, 1.807) is 6.07 Å². The highest BCUT2D eigenvalue weighted by molar-refractivity contribution is 5.23. The molecule has 0 aromatic heterocycles. The number of benzene rings is 1. The normalized spacial score (nSPS) is 10.1. The van der Waals surface area contributed by atoms with Crippen molar-refractivity contribution >= 4 is 0 Å². The molecule has 0 radical (unpaired) electrons. The van der Waals surface area contributed by atoms with E-state index in [4.69, 9.17) is 10.2 Å². The van der Waals surface area contributed by atoms with Crippen LogP contribution in [0.25, 0.3) is 0 Å². The number of aliphatic hydroxyl groups is 2. The maximum absolute atomic E-state index is 12.6. The van der Waals surface area contributed by atoms with Crippen molar-refractivity contribution in [2.45, 2.75) is 13.2 Å². The maximum atomic E-state index is 12.6. The Morgan fingerprint density at radius 3 is 1.82 bits per heavy atom. The number of rotatable bonds is 2. The number of aliphatic hydroxyl groups excluding tert-OH is 2. The predicted molar refractivity (Wildman–Crippen MR) is 38.2 cm³/mol. The van der Waals surface area contributed by atoms with Gasteiger partial charge in [0.05, 0.1) is 13.2 Å². The zero-order valence-corrected chi connectivity index (χ0v) is 5.92. The van der Waals surface area contributed by atoms with Crippen LogP contribution in [0.4, 0.5) is 4.39 Å². The van der Waals surface area contributed by atoms with Gasteiger partial charge in [0.2, 0.25) is 0 Å². The van der Waals surface area contributed by atoms with E-state index < -0.39 is 5.82 Å². The van der Waals surface area contributed by atoms with Crippen LogP contribution < -0.4 is 0 Å². The highest BCUT2D eigenvalue weighted by Crippen LogP contribution is 2.08. The highest BCUT2D eigenvalue weighted by Gasteiger charge is 1.97. The van der Waals surface area contributed by atoms with E-state index in [9.17, 15) is 4.39 Å². The van der Waals surface area contributed by atoms with Crippen LogP contribution in [-0.4, -0.2) is 10.2 Å². The minimum absolute atomic E-state index is 0.204. The zero-order chi connectivity index (χ0) is 8.27. The van der Waals surface area contributed by atoms with Crippen molar-refractivity contribution in [3.8, 4) is 0 Å². The molecule has 1 aromatic rings. The van der Waals surface area contributed by atoms with Crippen LogP contribution in [0, 0.1) is 5.82 Å². The molecule has 0 spiro atoms. The molecule has 60 valence electrons. The second-order valence-electron chi connectivity index (χ2n) is 2.28. The molecule has 1 aromatic carbocycles. The molecule has 0 heterocycles. The molecule has 0 bridgehead atoms. The Bertz CT molecular complexity index is 226. The lowest BCUT2D eigenvalue weighted by Crippen LogP contribution is -1.90. The zero-order valence-electron chi connectivity index (χ0n) is 5.92. The smallest absolute Gasteiger partial charge is 0.123 e. The first-order valence-corrected chi connectivity index (χ1v) is 3.26. The van der Waals surface area contributed by atoms with Gasteiger partial charge in [0, 0.05) is 0 Å². The van der Waals surface area contributed by atoms with Crippen molar-refractivity contribution in [2.75, 3.05) is 0 Å². The van der Waals surface area contributed by atoms with Crippen LogP contribution >= 0.6 is 0 Å². The topological polar surface area (TPSA) is 40.5 Å². The summed E-state index contributed by atoms with van der Waals surface area (Å²) in [5.74, 6) is -0.430. The molecule has 0 saturated carbocycles. The van der Waals surface area contributed by atoms with Crippen molar-refractivity contribution in [1.29, 1.82) is 0 Å². The number of halogens is 1. The van der Waals surface area contributed by atoms with Crippen molar-refractivity contribution in [3.05, 3.63) is 35.1 Å². The van der Waals surface area contributed by atoms with Gasteiger partial charge in [-0.3, -0.25) is 0 Å². The van der Waals surface area contributed by atoms with Gasteiger partial charge in [0.15, 0.2) is 0 Å². The molecule has 2 nitrogen and oxygen atoms in total. The van der Waals surface area contributed by atoms with Gasteiger partial charge in [0.1, 0.15) is 5.82 Å². The predicted octanol–water partition coefficient (Wildman–Crippen LogP) is 0.810. The van der Waals surface area contributed by atoms with Crippen LogP contribution in [0.15, 0.2) is 18.2 Å². The third-order valence-corrected chi connectivity index (χ3v) is 1.38. The molecule has 2 N–H and O–H groups in total. The molecular formula is C8H9FO2. The largest absolute Gasteiger partial charge is 0.392 e. The Labute approximate surface area is 63.9 Å². The summed E-state index contributed by atoms with van der Waals surface area (Å²) < 4.78 is 12.6. The van der Waals surface area contributed by atoms with E-state index in [1.807, 2.05) is 0 Å². The van der Waals surface area contributed by atoms with Gasteiger partial charge in [-0.25, -0.2) is 4.39 Å². The van der Waals surface area contributed by atoms with Crippen molar-refractivity contribution in [2.24, 2.45) is 0 Å². The third kappa shape index (κ3) is 2.00. The van der Waals surface area contributed by atoms with Gasteiger partial charge in [-0.05, 0) is 23.3 Å². The summed E-state index contributed by atoms with van der Waals surface area (Å²) in [6.45, 7) is -0.407. The lowest BCUT2D eigenvalue weighted by atomic mass is 10.1. The summed E-state index contributed by atoms with van der Waals surface area (Å²) in [4.78, 5) is 0. The van der Waals surface area contributed by atoms with Gasteiger partial charge < -0.3 is 10.2 Å². The van der Waals surface area contributed by atoms with E-state index in [-0.39, 0.29) is 13.2 Å². The van der Waals surface area contributed by atoms with Crippen molar-refractivity contribution < 1.29 is 14.6 Å². The summed E-state index contributed by atoms with van der Waals surface area (Å²) in [7, 11) is 0. The van der Waals surface area contributed by atoms with E-state index in [1.165, 1.54) is 12.1 Å². The fourth-order valence-corrected chi connectivity index (χ4v) is 0.900. The van der Waals surface area contributed by atoms with E-state index in [2.05, 4.69) is 0 Å². The Hall–Kier alpha value is -0.930. The Morgan fingerprint density at radius 1 is 1.00 bits per heavy atom.